The van der Waals surface area contributed by atoms with Gasteiger partial charge in [-0.2, -0.15) is 0 Å². The Morgan fingerprint density at radius 1 is 1.33 bits per heavy atom. The predicted molar refractivity (Wildman–Crippen MR) is 95.7 cm³/mol. The van der Waals surface area contributed by atoms with Crippen molar-refractivity contribution in [2.75, 3.05) is 12.9 Å². The number of hydrogen-bond donors (Lipinski definition) is 0. The first kappa shape index (κ1) is 19.3. The lowest BCUT2D eigenvalue weighted by atomic mass is 9.68. The molecule has 2 bridgehead atoms. The van der Waals surface area contributed by atoms with Gasteiger partial charge in [-0.1, -0.05) is 25.1 Å². The summed E-state index contributed by atoms with van der Waals surface area (Å²) in [6.07, 6.45) is 5.49. The average molecular weight is 352 g/mol. The van der Waals surface area contributed by atoms with Gasteiger partial charge < -0.3 is 4.74 Å². The Balaban J connectivity index is 0.000000219. The van der Waals surface area contributed by atoms with E-state index >= 15 is 0 Å². The van der Waals surface area contributed by atoms with Crippen LogP contribution >= 0.6 is 11.8 Å². The first-order valence-electron chi connectivity index (χ1n) is 8.49. The second-order valence-corrected chi connectivity index (χ2v) is 7.75. The van der Waals surface area contributed by atoms with E-state index < -0.39 is 0 Å². The second-order valence-electron chi connectivity index (χ2n) is 6.87. The number of thioether (sulfide) groups is 1. The molecule has 0 radical (unpaired) electrons. The Morgan fingerprint density at radius 2 is 2.04 bits per heavy atom. The third-order valence-electron chi connectivity index (χ3n) is 4.95. The van der Waals surface area contributed by atoms with Crippen LogP contribution in [0.15, 0.2) is 35.2 Å². The summed E-state index contributed by atoms with van der Waals surface area (Å²) in [6.45, 7) is 6.03. The molecule has 0 amide bonds. The Hall–Kier alpha value is -1.04. The van der Waals surface area contributed by atoms with Crippen LogP contribution in [0, 0.1) is 11.3 Å². The van der Waals surface area contributed by atoms with Crippen LogP contribution < -0.4 is 0 Å². The summed E-state index contributed by atoms with van der Waals surface area (Å²) in [6, 6.07) is 10.3. The highest BCUT2D eigenvalue weighted by Gasteiger charge is 2.47. The summed E-state index contributed by atoms with van der Waals surface area (Å²) in [5.74, 6) is 0.359. The molecule has 0 N–H and O–H groups in total. The molecule has 0 aromatic heterocycles. The molecule has 1 aliphatic heterocycles. The van der Waals surface area contributed by atoms with Gasteiger partial charge in [0.2, 0.25) is 0 Å². The Bertz CT molecular complexity index is 521. The molecule has 4 unspecified atom stereocenters. The fraction of sp³-hybridized carbons (Fsp3) is 0.632. The summed E-state index contributed by atoms with van der Waals surface area (Å²) in [4.78, 5) is 22.9. The number of carbonyl (C=O) groups is 1. The monoisotopic (exact) mass is 352 g/mol. The molecule has 1 saturated heterocycles. The van der Waals surface area contributed by atoms with Crippen LogP contribution in [0.4, 0.5) is 0 Å². The maximum absolute atomic E-state index is 10.9. The van der Waals surface area contributed by atoms with E-state index in [2.05, 4.69) is 32.2 Å². The first-order chi connectivity index (χ1) is 11.4. The average Bonchev–Trinajstić information content (AvgIpc) is 2.60. The van der Waals surface area contributed by atoms with Crippen molar-refractivity contribution in [3.05, 3.63) is 30.3 Å². The molecule has 1 heterocycles. The van der Waals surface area contributed by atoms with Crippen LogP contribution in [-0.4, -0.2) is 31.0 Å². The Morgan fingerprint density at radius 3 is 2.62 bits per heavy atom. The number of benzene rings is 1. The minimum absolute atomic E-state index is 0.0572. The van der Waals surface area contributed by atoms with E-state index in [4.69, 9.17) is 14.5 Å². The van der Waals surface area contributed by atoms with Gasteiger partial charge in [0.1, 0.15) is 6.10 Å². The van der Waals surface area contributed by atoms with Crippen LogP contribution in [0.5, 0.6) is 0 Å². The van der Waals surface area contributed by atoms with E-state index in [0.29, 0.717) is 12.5 Å². The minimum Gasteiger partial charge on any atom is -0.465 e. The SMILES string of the molecule is CC(=O)OCC1(C)CCC2CC1OOC2C.CSc1ccccc1. The molecule has 1 aliphatic carbocycles. The zero-order valence-electron chi connectivity index (χ0n) is 15.0. The molecule has 134 valence electrons. The summed E-state index contributed by atoms with van der Waals surface area (Å²) in [5.41, 5.74) is -0.0949. The molecule has 1 saturated carbocycles. The summed E-state index contributed by atoms with van der Waals surface area (Å²) < 4.78 is 5.13. The van der Waals surface area contributed by atoms with Gasteiger partial charge in [-0.25, -0.2) is 9.78 Å². The second kappa shape index (κ2) is 8.88. The molecule has 3 rings (SSSR count). The summed E-state index contributed by atoms with van der Waals surface area (Å²) in [5, 5.41) is 0. The fourth-order valence-electron chi connectivity index (χ4n) is 3.16. The van der Waals surface area contributed by atoms with Gasteiger partial charge in [-0.3, -0.25) is 4.79 Å². The van der Waals surface area contributed by atoms with Crippen molar-refractivity contribution < 1.29 is 19.3 Å². The van der Waals surface area contributed by atoms with E-state index in [-0.39, 0.29) is 23.6 Å². The van der Waals surface area contributed by atoms with Crippen molar-refractivity contribution >= 4 is 17.7 Å². The maximum atomic E-state index is 10.9. The third-order valence-corrected chi connectivity index (χ3v) is 5.70. The quantitative estimate of drug-likeness (QED) is 0.456. The lowest BCUT2D eigenvalue weighted by Crippen LogP contribution is -2.50. The van der Waals surface area contributed by atoms with Crippen LogP contribution in [-0.2, 0) is 19.3 Å². The van der Waals surface area contributed by atoms with E-state index in [0.717, 1.165) is 19.3 Å². The van der Waals surface area contributed by atoms with Crippen molar-refractivity contribution in [1.29, 1.82) is 0 Å². The van der Waals surface area contributed by atoms with Crippen LogP contribution in [0.3, 0.4) is 0 Å². The normalized spacial score (nSPS) is 31.6. The van der Waals surface area contributed by atoms with Crippen LogP contribution in [0.1, 0.15) is 40.0 Å². The van der Waals surface area contributed by atoms with Crippen LogP contribution in [0.2, 0.25) is 0 Å². The van der Waals surface area contributed by atoms with E-state index in [1.165, 1.54) is 11.8 Å². The molecule has 4 nitrogen and oxygen atoms in total. The Labute approximate surface area is 149 Å². The standard InChI is InChI=1S/C12H20O4.C7H8S/c1-8-10-4-5-12(3,7-14-9(2)13)11(6-10)16-15-8;1-8-7-5-3-2-4-6-7/h8,10-11H,4-7H2,1-3H3;2-6H,1H3. The predicted octanol–water partition coefficient (Wildman–Crippen LogP) is 4.48. The zero-order valence-corrected chi connectivity index (χ0v) is 15.8. The van der Waals surface area contributed by atoms with Crippen LogP contribution in [0.25, 0.3) is 0 Å². The number of carbonyl (C=O) groups excluding carboxylic acids is 1. The summed E-state index contributed by atoms with van der Waals surface area (Å²) >= 11 is 1.77. The number of ether oxygens (including phenoxy) is 1. The third kappa shape index (κ3) is 5.23. The lowest BCUT2D eigenvalue weighted by molar-refractivity contribution is -0.410. The molecule has 5 heteroatoms. The number of hydrogen-bond acceptors (Lipinski definition) is 5. The first-order valence-corrected chi connectivity index (χ1v) is 9.71. The molecule has 24 heavy (non-hydrogen) atoms. The zero-order chi connectivity index (χ0) is 17.6. The van der Waals surface area contributed by atoms with Crippen molar-refractivity contribution in [3.8, 4) is 0 Å². The molecular formula is C19H28O4S. The highest BCUT2D eigenvalue weighted by atomic mass is 32.2. The number of rotatable bonds is 3. The fourth-order valence-corrected chi connectivity index (χ4v) is 3.59. The van der Waals surface area contributed by atoms with Crippen molar-refractivity contribution in [2.45, 2.75) is 57.1 Å². The van der Waals surface area contributed by atoms with E-state index in [1.54, 1.807) is 11.8 Å². The van der Waals surface area contributed by atoms with Gasteiger partial charge >= 0.3 is 5.97 Å². The highest BCUT2D eigenvalue weighted by Crippen LogP contribution is 2.45. The van der Waals surface area contributed by atoms with E-state index in [9.17, 15) is 4.79 Å². The largest absolute Gasteiger partial charge is 0.465 e. The molecule has 0 spiro atoms. The highest BCUT2D eigenvalue weighted by molar-refractivity contribution is 7.98. The van der Waals surface area contributed by atoms with E-state index in [1.807, 2.05) is 18.2 Å². The molecule has 2 aliphatic rings. The minimum atomic E-state index is -0.228. The molecule has 1 aromatic rings. The van der Waals surface area contributed by atoms with Gasteiger partial charge in [-0.15, -0.1) is 11.8 Å². The van der Waals surface area contributed by atoms with Gasteiger partial charge in [0.05, 0.1) is 12.7 Å². The lowest BCUT2D eigenvalue weighted by Gasteiger charge is -2.47. The summed E-state index contributed by atoms with van der Waals surface area (Å²) in [7, 11) is 0. The van der Waals surface area contributed by atoms with Crippen molar-refractivity contribution in [2.24, 2.45) is 11.3 Å². The Kier molecular flexibility index (Phi) is 7.14. The molecule has 2 fully saturated rings. The smallest absolute Gasteiger partial charge is 0.302 e. The molecule has 1 aromatic carbocycles. The van der Waals surface area contributed by atoms with Crippen molar-refractivity contribution in [1.82, 2.24) is 0 Å². The van der Waals surface area contributed by atoms with Gasteiger partial charge in [-0.05, 0) is 50.5 Å². The number of fused-ring (bicyclic) bond motifs is 2. The van der Waals surface area contributed by atoms with Gasteiger partial charge in [0.15, 0.2) is 0 Å². The van der Waals surface area contributed by atoms with Gasteiger partial charge in [0, 0.05) is 17.2 Å². The molecule has 4 atom stereocenters. The topological polar surface area (TPSA) is 44.8 Å². The molecular weight excluding hydrogens is 324 g/mol. The number of esters is 1. The maximum Gasteiger partial charge on any atom is 0.302 e. The van der Waals surface area contributed by atoms with Crippen molar-refractivity contribution in [3.63, 3.8) is 0 Å². The van der Waals surface area contributed by atoms with Gasteiger partial charge in [0.25, 0.3) is 0 Å².